The number of aryl methyl sites for hydroxylation is 1. The zero-order valence-corrected chi connectivity index (χ0v) is 15.5. The van der Waals surface area contributed by atoms with Crippen LogP contribution < -0.4 is 16.0 Å². The van der Waals surface area contributed by atoms with E-state index in [1.54, 1.807) is 0 Å². The number of aliphatic hydroxyl groups is 1. The Kier molecular flexibility index (Phi) is 3.98. The summed E-state index contributed by atoms with van der Waals surface area (Å²) >= 11 is 0. The summed E-state index contributed by atoms with van der Waals surface area (Å²) in [5.41, 5.74) is 7.22. The number of rotatable bonds is 3. The number of hydrogen-bond donors (Lipinski definition) is 3. The van der Waals surface area contributed by atoms with E-state index in [2.05, 4.69) is 24.1 Å². The molecule has 3 aliphatic rings. The van der Waals surface area contributed by atoms with Crippen LogP contribution in [-0.4, -0.2) is 47.2 Å². The minimum Gasteiger partial charge on any atom is -0.372 e. The molecule has 1 aromatic heterocycles. The number of nitrogens with two attached hydrogens (primary N) is 1. The minimum absolute atomic E-state index is 0.212. The summed E-state index contributed by atoms with van der Waals surface area (Å²) in [5.74, 6) is 0.979. The van der Waals surface area contributed by atoms with Gasteiger partial charge in [-0.15, -0.1) is 0 Å². The van der Waals surface area contributed by atoms with E-state index in [-0.39, 0.29) is 17.6 Å². The molecule has 0 bridgehead atoms. The molecule has 2 aliphatic carbocycles. The lowest BCUT2D eigenvalue weighted by Crippen LogP contribution is -2.64. The molecular weight excluding hydrogens is 316 g/mol. The second-order valence-corrected chi connectivity index (χ2v) is 8.64. The van der Waals surface area contributed by atoms with Crippen LogP contribution in [0.5, 0.6) is 0 Å². The maximum absolute atomic E-state index is 10.8. The fraction of sp³-hybridized carbons (Fsp3) is 0.737. The Hall–Kier alpha value is -1.37. The fourth-order valence-corrected chi connectivity index (χ4v) is 5.09. The van der Waals surface area contributed by atoms with Crippen molar-refractivity contribution in [2.45, 2.75) is 70.4 Å². The van der Waals surface area contributed by atoms with Crippen LogP contribution in [0.4, 0.5) is 11.5 Å². The van der Waals surface area contributed by atoms with E-state index < -0.39 is 5.72 Å². The summed E-state index contributed by atoms with van der Waals surface area (Å²) in [4.78, 5) is 7.04. The highest BCUT2D eigenvalue weighted by molar-refractivity contribution is 5.55. The summed E-state index contributed by atoms with van der Waals surface area (Å²) in [7, 11) is 0. The molecule has 1 spiro atoms. The van der Waals surface area contributed by atoms with Gasteiger partial charge >= 0.3 is 0 Å². The number of morpholine rings is 1. The molecule has 3 fully saturated rings. The highest BCUT2D eigenvalue weighted by Crippen LogP contribution is 2.59. The lowest BCUT2D eigenvalue weighted by molar-refractivity contribution is -0.150. The number of nitrogens with zero attached hydrogens (tertiary/aromatic N) is 2. The Morgan fingerprint density at radius 1 is 1.24 bits per heavy atom. The topological polar surface area (TPSA) is 83.6 Å². The third-order valence-corrected chi connectivity index (χ3v) is 5.91. The average Bonchev–Trinajstić information content (AvgIpc) is 2.45. The molecule has 0 radical (unpaired) electrons. The van der Waals surface area contributed by atoms with Crippen LogP contribution in [0, 0.1) is 12.3 Å². The van der Waals surface area contributed by atoms with Crippen molar-refractivity contribution in [3.8, 4) is 0 Å². The van der Waals surface area contributed by atoms with Gasteiger partial charge < -0.3 is 25.8 Å². The maximum atomic E-state index is 10.8. The van der Waals surface area contributed by atoms with Gasteiger partial charge in [0.2, 0.25) is 0 Å². The Morgan fingerprint density at radius 2 is 1.88 bits per heavy atom. The van der Waals surface area contributed by atoms with Crippen LogP contribution in [0.2, 0.25) is 0 Å². The maximum Gasteiger partial charge on any atom is 0.136 e. The molecule has 25 heavy (non-hydrogen) atoms. The van der Waals surface area contributed by atoms with Crippen molar-refractivity contribution in [3.05, 3.63) is 17.8 Å². The summed E-state index contributed by atoms with van der Waals surface area (Å²) in [6.07, 6.45) is 4.08. The van der Waals surface area contributed by atoms with E-state index in [0.29, 0.717) is 6.04 Å². The van der Waals surface area contributed by atoms with Crippen molar-refractivity contribution >= 4 is 11.5 Å². The largest absolute Gasteiger partial charge is 0.372 e. The predicted octanol–water partition coefficient (Wildman–Crippen LogP) is 2.01. The van der Waals surface area contributed by atoms with Crippen LogP contribution in [-0.2, 0) is 4.74 Å². The number of pyridine rings is 1. The van der Waals surface area contributed by atoms with Crippen LogP contribution >= 0.6 is 0 Å². The van der Waals surface area contributed by atoms with Crippen LogP contribution in [0.1, 0.15) is 45.2 Å². The third kappa shape index (κ3) is 3.23. The molecule has 2 unspecified atom stereocenters. The van der Waals surface area contributed by atoms with E-state index in [1.807, 2.05) is 19.1 Å². The van der Waals surface area contributed by atoms with Crippen molar-refractivity contribution in [2.24, 2.45) is 11.1 Å². The zero-order chi connectivity index (χ0) is 17.8. The summed E-state index contributed by atoms with van der Waals surface area (Å²) in [6, 6.07) is 4.40. The number of hydrogen-bond acceptors (Lipinski definition) is 6. The van der Waals surface area contributed by atoms with Gasteiger partial charge in [-0.1, -0.05) is 0 Å². The first-order valence-corrected chi connectivity index (χ1v) is 9.40. The van der Waals surface area contributed by atoms with Crippen molar-refractivity contribution < 1.29 is 9.84 Å². The van der Waals surface area contributed by atoms with Gasteiger partial charge in [-0.3, -0.25) is 0 Å². The molecule has 2 heterocycles. The lowest BCUT2D eigenvalue weighted by atomic mass is 9.50. The van der Waals surface area contributed by atoms with Gasteiger partial charge in [0, 0.05) is 32.0 Å². The first kappa shape index (κ1) is 17.1. The van der Waals surface area contributed by atoms with Crippen LogP contribution in [0.15, 0.2) is 12.1 Å². The highest BCUT2D eigenvalue weighted by Gasteiger charge is 2.59. The molecule has 2 atom stereocenters. The molecule has 1 aliphatic heterocycles. The van der Waals surface area contributed by atoms with Crippen molar-refractivity contribution in [3.63, 3.8) is 0 Å². The van der Waals surface area contributed by atoms with E-state index in [0.717, 1.165) is 56.0 Å². The molecule has 4 N–H and O–H groups in total. The Morgan fingerprint density at radius 3 is 2.44 bits per heavy atom. The third-order valence-electron chi connectivity index (χ3n) is 5.91. The molecule has 6 heteroatoms. The zero-order valence-electron chi connectivity index (χ0n) is 15.5. The lowest BCUT2D eigenvalue weighted by Gasteiger charge is -2.61. The van der Waals surface area contributed by atoms with E-state index in [4.69, 9.17) is 15.5 Å². The molecule has 1 saturated heterocycles. The number of aromatic nitrogens is 1. The Labute approximate surface area is 149 Å². The molecule has 138 valence electrons. The first-order chi connectivity index (χ1) is 11.8. The highest BCUT2D eigenvalue weighted by atomic mass is 16.5. The Balaban J connectivity index is 1.42. The Bertz CT molecular complexity index is 641. The van der Waals surface area contributed by atoms with Gasteiger partial charge in [0.1, 0.15) is 11.5 Å². The van der Waals surface area contributed by atoms with Gasteiger partial charge in [0.15, 0.2) is 0 Å². The van der Waals surface area contributed by atoms with Gasteiger partial charge in [0.05, 0.1) is 23.6 Å². The standard InChI is InChI=1S/C19H30N4O2/c1-12-8-23(9-13(2)25-12)17-5-4-16(14(3)21-17)22-19(24)10-18(11-19)6-15(20)7-18/h4-5,12-13,15,22,24H,6-11,20H2,1-3H3. The van der Waals surface area contributed by atoms with E-state index in [1.165, 1.54) is 0 Å². The molecule has 0 aromatic carbocycles. The molecule has 6 nitrogen and oxygen atoms in total. The molecular formula is C19H30N4O2. The van der Waals surface area contributed by atoms with Crippen LogP contribution in [0.3, 0.4) is 0 Å². The second kappa shape index (κ2) is 5.83. The second-order valence-electron chi connectivity index (χ2n) is 8.64. The van der Waals surface area contributed by atoms with E-state index in [9.17, 15) is 5.11 Å². The molecule has 4 rings (SSSR count). The monoisotopic (exact) mass is 346 g/mol. The number of anilines is 2. The molecule has 1 aromatic rings. The van der Waals surface area contributed by atoms with E-state index >= 15 is 0 Å². The fourth-order valence-electron chi connectivity index (χ4n) is 5.09. The van der Waals surface area contributed by atoms with Crippen LogP contribution in [0.25, 0.3) is 0 Å². The van der Waals surface area contributed by atoms with Gasteiger partial charge in [-0.25, -0.2) is 4.98 Å². The quantitative estimate of drug-likeness (QED) is 0.726. The SMILES string of the molecule is Cc1nc(N2CC(C)OC(C)C2)ccc1NC1(O)CC2(CC(N)C2)C1. The number of nitrogens with one attached hydrogen (secondary N) is 1. The molecule has 2 saturated carbocycles. The smallest absolute Gasteiger partial charge is 0.136 e. The van der Waals surface area contributed by atoms with Gasteiger partial charge in [0.25, 0.3) is 0 Å². The van der Waals surface area contributed by atoms with Crippen molar-refractivity contribution in [2.75, 3.05) is 23.3 Å². The average molecular weight is 346 g/mol. The summed E-state index contributed by atoms with van der Waals surface area (Å²) in [5, 5.41) is 14.1. The first-order valence-electron chi connectivity index (χ1n) is 9.40. The summed E-state index contributed by atoms with van der Waals surface area (Å²) < 4.78 is 5.80. The van der Waals surface area contributed by atoms with Gasteiger partial charge in [-0.2, -0.15) is 0 Å². The normalized spacial score (nSPS) is 40.5. The van der Waals surface area contributed by atoms with Gasteiger partial charge in [-0.05, 0) is 51.2 Å². The molecule has 0 amide bonds. The predicted molar refractivity (Wildman–Crippen MR) is 98.6 cm³/mol. The van der Waals surface area contributed by atoms with Crippen molar-refractivity contribution in [1.82, 2.24) is 4.98 Å². The number of ether oxygens (including phenoxy) is 1. The summed E-state index contributed by atoms with van der Waals surface area (Å²) in [6.45, 7) is 7.90. The minimum atomic E-state index is -0.809. The van der Waals surface area contributed by atoms with Crippen molar-refractivity contribution in [1.29, 1.82) is 0 Å².